The van der Waals surface area contributed by atoms with Gasteiger partial charge in [-0.15, -0.1) is 0 Å². The third kappa shape index (κ3) is 6.56. The summed E-state index contributed by atoms with van der Waals surface area (Å²) >= 11 is 0. The van der Waals surface area contributed by atoms with Crippen LogP contribution in [0.3, 0.4) is 0 Å². The van der Waals surface area contributed by atoms with Crippen LogP contribution in [0.4, 0.5) is 0 Å². The molecule has 0 N–H and O–H groups in total. The largest absolute Gasteiger partial charge is 0.0616 e. The minimum absolute atomic E-state index is 1.31. The van der Waals surface area contributed by atoms with Gasteiger partial charge in [-0.25, -0.2) is 0 Å². The Morgan fingerprint density at radius 2 is 0.391 bits per heavy atom. The maximum absolute atomic E-state index is 2.33. The van der Waals surface area contributed by atoms with Gasteiger partial charge in [0.1, 0.15) is 0 Å². The van der Waals surface area contributed by atoms with Crippen molar-refractivity contribution in [3.63, 3.8) is 0 Å². The molecule has 13 aromatic carbocycles. The predicted molar refractivity (Wildman–Crippen MR) is 277 cm³/mol. The van der Waals surface area contributed by atoms with Gasteiger partial charge in [-0.2, -0.15) is 0 Å². The van der Waals surface area contributed by atoms with Crippen molar-refractivity contribution in [1.29, 1.82) is 0 Å². The average Bonchev–Trinajstić information content (AvgIpc) is 3.87. The molecule has 0 bridgehead atoms. The van der Waals surface area contributed by atoms with Crippen molar-refractivity contribution in [3.8, 4) is 44.5 Å². The average molecular weight is 811 g/mol. The summed E-state index contributed by atoms with van der Waals surface area (Å²) in [4.78, 5) is 0. The lowest BCUT2D eigenvalue weighted by Crippen LogP contribution is -1.78. The molecule has 15 rings (SSSR count). The first-order chi connectivity index (χ1) is 31.7. The Kier molecular flexibility index (Phi) is 9.28. The van der Waals surface area contributed by atoms with E-state index >= 15 is 0 Å². The summed E-state index contributed by atoms with van der Waals surface area (Å²) in [7, 11) is 0. The Morgan fingerprint density at radius 1 is 0.141 bits per heavy atom. The predicted octanol–water partition coefficient (Wildman–Crippen LogP) is 18.1. The van der Waals surface area contributed by atoms with Gasteiger partial charge in [0, 0.05) is 0 Å². The maximum atomic E-state index is 2.33. The molecule has 64 heavy (non-hydrogen) atoms. The Hall–Kier alpha value is -8.32. The standard InChI is InChI=1S/C20H12.C16H10.2C14H10/c1-2-6-15-12-19-17-10-4-8-13-7-3-9-16(20(13)17)18(19)11-14(15)5-1;1-2-8-13-12(7-1)14-9-3-5-11-6-4-10-15(13)16(11)14;1-3-7-13-11(5-1)9-10-12-6-2-4-8-14(12)13;1-2-6-12-10-14-8-4-3-7-13(14)9-11(12)5-1/h1-12H;1-10H;2*1-10H. The SMILES string of the molecule is c1ccc2c(c1)-c1cccc3cccc-2c13.c1ccc2c(c1)ccc1ccccc12.c1ccc2cc3c(cc2c1)-c1cccc2cccc-3c12.c1ccc2cc3ccccc3cc2c1. The fraction of sp³-hybridized carbons (Fsp3) is 0. The van der Waals surface area contributed by atoms with E-state index in [0.717, 1.165) is 0 Å². The highest BCUT2D eigenvalue weighted by Crippen LogP contribution is 2.49. The number of benzene rings is 13. The van der Waals surface area contributed by atoms with Gasteiger partial charge in [0.25, 0.3) is 0 Å². The molecule has 0 heteroatoms. The van der Waals surface area contributed by atoms with E-state index in [1.165, 1.54) is 120 Å². The van der Waals surface area contributed by atoms with E-state index in [9.17, 15) is 0 Å². The van der Waals surface area contributed by atoms with Gasteiger partial charge in [0.15, 0.2) is 0 Å². The molecule has 0 amide bonds. The first-order valence-electron chi connectivity index (χ1n) is 22.2. The zero-order chi connectivity index (χ0) is 42.4. The van der Waals surface area contributed by atoms with E-state index in [-0.39, 0.29) is 0 Å². The van der Waals surface area contributed by atoms with E-state index in [2.05, 4.69) is 255 Å². The fourth-order valence-corrected chi connectivity index (χ4v) is 10.1. The van der Waals surface area contributed by atoms with Gasteiger partial charge in [-0.05, 0) is 144 Å². The topological polar surface area (TPSA) is 0 Å². The number of rotatable bonds is 0. The molecule has 0 spiro atoms. The van der Waals surface area contributed by atoms with Crippen molar-refractivity contribution in [3.05, 3.63) is 255 Å². The smallest absolute Gasteiger partial charge is 0.00264 e. The van der Waals surface area contributed by atoms with Crippen LogP contribution in [-0.4, -0.2) is 0 Å². The molecule has 2 aliphatic carbocycles. The van der Waals surface area contributed by atoms with Gasteiger partial charge >= 0.3 is 0 Å². The molecular formula is C64H42. The Labute approximate surface area is 372 Å². The summed E-state index contributed by atoms with van der Waals surface area (Å²) in [5, 5.41) is 18.7. The van der Waals surface area contributed by atoms with Crippen LogP contribution in [0.5, 0.6) is 0 Å². The molecule has 0 saturated heterocycles. The second kappa shape index (κ2) is 15.9. The van der Waals surface area contributed by atoms with Crippen molar-refractivity contribution in [2.24, 2.45) is 0 Å². The molecule has 0 heterocycles. The number of hydrogen-bond acceptors (Lipinski definition) is 0. The van der Waals surface area contributed by atoms with E-state index in [1.807, 2.05) is 0 Å². The molecule has 0 nitrogen and oxygen atoms in total. The monoisotopic (exact) mass is 810 g/mol. The van der Waals surface area contributed by atoms with Crippen molar-refractivity contribution in [1.82, 2.24) is 0 Å². The first-order valence-corrected chi connectivity index (χ1v) is 22.2. The third-order valence-electron chi connectivity index (χ3n) is 13.1. The van der Waals surface area contributed by atoms with Gasteiger partial charge in [-0.1, -0.05) is 231 Å². The summed E-state index contributed by atoms with van der Waals surface area (Å²) in [5.74, 6) is 0. The van der Waals surface area contributed by atoms with E-state index in [4.69, 9.17) is 0 Å². The minimum atomic E-state index is 1.31. The van der Waals surface area contributed by atoms with Gasteiger partial charge in [0.05, 0.1) is 0 Å². The second-order valence-corrected chi connectivity index (χ2v) is 16.8. The third-order valence-corrected chi connectivity index (χ3v) is 13.1. The number of fused-ring (bicyclic) bond motifs is 12. The normalized spacial score (nSPS) is 11.4. The number of hydrogen-bond donors (Lipinski definition) is 0. The quantitative estimate of drug-likeness (QED) is 0.106. The van der Waals surface area contributed by atoms with Crippen LogP contribution in [0.1, 0.15) is 0 Å². The van der Waals surface area contributed by atoms with Crippen LogP contribution in [-0.2, 0) is 0 Å². The van der Waals surface area contributed by atoms with Gasteiger partial charge in [0.2, 0.25) is 0 Å². The molecular weight excluding hydrogens is 769 g/mol. The lowest BCUT2D eigenvalue weighted by Gasteiger charge is -2.05. The Balaban J connectivity index is 0.0000000912. The van der Waals surface area contributed by atoms with Crippen LogP contribution in [0.2, 0.25) is 0 Å². The molecule has 13 aromatic rings. The fourth-order valence-electron chi connectivity index (χ4n) is 10.1. The molecule has 0 atom stereocenters. The van der Waals surface area contributed by atoms with Crippen molar-refractivity contribution >= 4 is 75.4 Å². The van der Waals surface area contributed by atoms with Crippen molar-refractivity contribution in [2.75, 3.05) is 0 Å². The van der Waals surface area contributed by atoms with Crippen LogP contribution in [0, 0.1) is 0 Å². The molecule has 0 radical (unpaired) electrons. The molecule has 298 valence electrons. The molecule has 0 unspecified atom stereocenters. The zero-order valence-corrected chi connectivity index (χ0v) is 35.2. The molecule has 0 aromatic heterocycles. The van der Waals surface area contributed by atoms with Crippen LogP contribution in [0.15, 0.2) is 255 Å². The minimum Gasteiger partial charge on any atom is -0.0616 e. The van der Waals surface area contributed by atoms with Gasteiger partial charge in [-0.3, -0.25) is 0 Å². The summed E-state index contributed by atoms with van der Waals surface area (Å²) in [6, 6.07) is 91.0. The highest BCUT2D eigenvalue weighted by atomic mass is 14.2. The van der Waals surface area contributed by atoms with Crippen molar-refractivity contribution in [2.45, 2.75) is 0 Å². The molecule has 0 aliphatic heterocycles. The van der Waals surface area contributed by atoms with E-state index in [0.29, 0.717) is 0 Å². The molecule has 0 saturated carbocycles. The highest BCUT2D eigenvalue weighted by molar-refractivity contribution is 6.18. The van der Waals surface area contributed by atoms with Crippen LogP contribution in [0.25, 0.3) is 120 Å². The highest BCUT2D eigenvalue weighted by Gasteiger charge is 2.22. The van der Waals surface area contributed by atoms with Crippen LogP contribution < -0.4 is 0 Å². The maximum Gasteiger partial charge on any atom is -0.00264 e. The van der Waals surface area contributed by atoms with E-state index in [1.54, 1.807) is 0 Å². The summed E-state index contributed by atoms with van der Waals surface area (Å²) in [6.45, 7) is 0. The lowest BCUT2D eigenvalue weighted by atomic mass is 9.99. The van der Waals surface area contributed by atoms with E-state index < -0.39 is 0 Å². The lowest BCUT2D eigenvalue weighted by molar-refractivity contribution is 1.70. The summed E-state index contributed by atoms with van der Waals surface area (Å²) in [6.07, 6.45) is 0. The summed E-state index contributed by atoms with van der Waals surface area (Å²) < 4.78 is 0. The van der Waals surface area contributed by atoms with Crippen molar-refractivity contribution < 1.29 is 0 Å². The Bertz CT molecular complexity index is 3600. The summed E-state index contributed by atoms with van der Waals surface area (Å²) in [5.41, 5.74) is 11.0. The second-order valence-electron chi connectivity index (χ2n) is 16.8. The Morgan fingerprint density at radius 3 is 0.750 bits per heavy atom. The molecule has 0 fully saturated rings. The first kappa shape index (κ1) is 37.4. The zero-order valence-electron chi connectivity index (χ0n) is 35.2. The molecule has 2 aliphatic rings. The van der Waals surface area contributed by atoms with Gasteiger partial charge < -0.3 is 0 Å². The van der Waals surface area contributed by atoms with Crippen LogP contribution >= 0.6 is 0 Å².